The SMILES string of the molecule is CC(Nc1ccc(NS(=O)(=O)c2c(Cl)cccc2Cl)cc1)C(=O)N1CCOCC1. The van der Waals surface area contributed by atoms with E-state index in [2.05, 4.69) is 10.0 Å². The van der Waals surface area contributed by atoms with Gasteiger partial charge in [0, 0.05) is 24.5 Å². The van der Waals surface area contributed by atoms with Crippen molar-refractivity contribution in [1.29, 1.82) is 0 Å². The van der Waals surface area contributed by atoms with E-state index in [9.17, 15) is 13.2 Å². The highest BCUT2D eigenvalue weighted by Crippen LogP contribution is 2.30. The van der Waals surface area contributed by atoms with Crippen molar-refractivity contribution >= 4 is 50.5 Å². The largest absolute Gasteiger partial charge is 0.378 e. The fraction of sp³-hybridized carbons (Fsp3) is 0.316. The molecule has 0 bridgehead atoms. The first-order valence-corrected chi connectivity index (χ1v) is 11.2. The van der Waals surface area contributed by atoms with Crippen molar-refractivity contribution in [1.82, 2.24) is 4.90 Å². The molecule has 156 valence electrons. The molecular weight excluding hydrogens is 437 g/mol. The Balaban J connectivity index is 1.66. The number of hydrogen-bond acceptors (Lipinski definition) is 5. The molecule has 1 heterocycles. The molecule has 0 radical (unpaired) electrons. The Hall–Kier alpha value is -2.00. The number of sulfonamides is 1. The molecule has 1 aliphatic rings. The van der Waals surface area contributed by atoms with Crippen LogP contribution in [-0.2, 0) is 19.6 Å². The van der Waals surface area contributed by atoms with Crippen LogP contribution < -0.4 is 10.0 Å². The van der Waals surface area contributed by atoms with E-state index in [1.54, 1.807) is 42.2 Å². The number of ether oxygens (including phenoxy) is 1. The van der Waals surface area contributed by atoms with Crippen molar-refractivity contribution in [2.75, 3.05) is 36.3 Å². The number of nitrogens with zero attached hydrogens (tertiary/aromatic N) is 1. The van der Waals surface area contributed by atoms with Gasteiger partial charge in [0.1, 0.15) is 10.9 Å². The second kappa shape index (κ2) is 9.21. The maximum Gasteiger partial charge on any atom is 0.264 e. The molecule has 2 aromatic rings. The molecule has 1 amide bonds. The molecule has 0 saturated carbocycles. The van der Waals surface area contributed by atoms with Crippen molar-refractivity contribution in [3.63, 3.8) is 0 Å². The zero-order chi connectivity index (χ0) is 21.0. The third kappa shape index (κ3) is 5.33. The second-order valence-corrected chi connectivity index (χ2v) is 8.97. The van der Waals surface area contributed by atoms with Gasteiger partial charge in [-0.05, 0) is 43.3 Å². The number of amides is 1. The maximum absolute atomic E-state index is 12.6. The van der Waals surface area contributed by atoms with Crippen LogP contribution in [0.1, 0.15) is 6.92 Å². The van der Waals surface area contributed by atoms with E-state index >= 15 is 0 Å². The lowest BCUT2D eigenvalue weighted by molar-refractivity contribution is -0.135. The van der Waals surface area contributed by atoms with Gasteiger partial charge >= 0.3 is 0 Å². The summed E-state index contributed by atoms with van der Waals surface area (Å²) in [6.07, 6.45) is 0. The fourth-order valence-electron chi connectivity index (χ4n) is 2.95. The Kier molecular flexibility index (Phi) is 6.89. The van der Waals surface area contributed by atoms with Gasteiger partial charge in [-0.3, -0.25) is 9.52 Å². The normalized spacial score (nSPS) is 15.6. The van der Waals surface area contributed by atoms with E-state index in [-0.39, 0.29) is 20.8 Å². The van der Waals surface area contributed by atoms with Crippen molar-refractivity contribution in [3.8, 4) is 0 Å². The number of nitrogens with one attached hydrogen (secondary N) is 2. The topological polar surface area (TPSA) is 87.7 Å². The van der Waals surface area contributed by atoms with Gasteiger partial charge in [0.2, 0.25) is 5.91 Å². The molecule has 1 aliphatic heterocycles. The van der Waals surface area contributed by atoms with Crippen LogP contribution in [0, 0.1) is 0 Å². The number of carbonyl (C=O) groups is 1. The lowest BCUT2D eigenvalue weighted by atomic mass is 10.2. The summed E-state index contributed by atoms with van der Waals surface area (Å²) in [6, 6.07) is 10.6. The first-order valence-electron chi connectivity index (χ1n) is 8.98. The van der Waals surface area contributed by atoms with E-state index in [0.717, 1.165) is 0 Å². The van der Waals surface area contributed by atoms with Crippen molar-refractivity contribution in [2.45, 2.75) is 17.9 Å². The molecule has 1 atom stereocenters. The molecule has 0 spiro atoms. The Morgan fingerprint density at radius 2 is 1.59 bits per heavy atom. The summed E-state index contributed by atoms with van der Waals surface area (Å²) >= 11 is 12.0. The molecule has 2 N–H and O–H groups in total. The van der Waals surface area contributed by atoms with E-state index in [4.69, 9.17) is 27.9 Å². The number of halogens is 2. The van der Waals surface area contributed by atoms with Gasteiger partial charge in [-0.25, -0.2) is 8.42 Å². The van der Waals surface area contributed by atoms with Crippen LogP contribution in [0.15, 0.2) is 47.4 Å². The summed E-state index contributed by atoms with van der Waals surface area (Å²) in [5, 5.41) is 3.21. The number of morpholine rings is 1. The summed E-state index contributed by atoms with van der Waals surface area (Å²) in [5.74, 6) is -0.00793. The molecular formula is C19H21Cl2N3O4S. The highest BCUT2D eigenvalue weighted by atomic mass is 35.5. The van der Waals surface area contributed by atoms with E-state index < -0.39 is 16.1 Å². The lowest BCUT2D eigenvalue weighted by Gasteiger charge is -2.29. The van der Waals surface area contributed by atoms with Gasteiger partial charge in [-0.15, -0.1) is 0 Å². The Morgan fingerprint density at radius 3 is 2.17 bits per heavy atom. The van der Waals surface area contributed by atoms with Gasteiger partial charge in [0.25, 0.3) is 10.0 Å². The molecule has 1 fully saturated rings. The molecule has 10 heteroatoms. The van der Waals surface area contributed by atoms with Gasteiger partial charge < -0.3 is 15.0 Å². The Labute approximate surface area is 180 Å². The van der Waals surface area contributed by atoms with Gasteiger partial charge in [-0.2, -0.15) is 0 Å². The average molecular weight is 458 g/mol. The quantitative estimate of drug-likeness (QED) is 0.693. The Bertz CT molecular complexity index is 957. The summed E-state index contributed by atoms with van der Waals surface area (Å²) in [7, 11) is -3.95. The molecule has 0 aliphatic carbocycles. The number of carbonyl (C=O) groups excluding carboxylic acids is 1. The fourth-order valence-corrected chi connectivity index (χ4v) is 5.15. The highest BCUT2D eigenvalue weighted by molar-refractivity contribution is 7.93. The van der Waals surface area contributed by atoms with Crippen LogP contribution in [0.2, 0.25) is 10.0 Å². The number of anilines is 2. The molecule has 2 aromatic carbocycles. The van der Waals surface area contributed by atoms with Crippen molar-refractivity contribution in [3.05, 3.63) is 52.5 Å². The van der Waals surface area contributed by atoms with E-state index in [1.807, 2.05) is 0 Å². The number of rotatable bonds is 6. The summed E-state index contributed by atoms with van der Waals surface area (Å²) in [6.45, 7) is 4.03. The van der Waals surface area contributed by atoms with Crippen LogP contribution >= 0.6 is 23.2 Å². The summed E-state index contributed by atoms with van der Waals surface area (Å²) < 4.78 is 32.9. The summed E-state index contributed by atoms with van der Waals surface area (Å²) in [5.41, 5.74) is 1.04. The van der Waals surface area contributed by atoms with E-state index in [1.165, 1.54) is 12.1 Å². The van der Waals surface area contributed by atoms with Crippen LogP contribution in [0.4, 0.5) is 11.4 Å². The predicted molar refractivity (Wildman–Crippen MR) is 114 cm³/mol. The molecule has 1 saturated heterocycles. The molecule has 7 nitrogen and oxygen atoms in total. The van der Waals surface area contributed by atoms with Gasteiger partial charge in [-0.1, -0.05) is 29.3 Å². The van der Waals surface area contributed by atoms with Crippen molar-refractivity contribution < 1.29 is 17.9 Å². The first kappa shape index (κ1) is 21.7. The average Bonchev–Trinajstić information content (AvgIpc) is 2.69. The highest BCUT2D eigenvalue weighted by Gasteiger charge is 2.23. The number of benzene rings is 2. The third-order valence-electron chi connectivity index (χ3n) is 4.40. The minimum absolute atomic E-state index is 0.00793. The summed E-state index contributed by atoms with van der Waals surface area (Å²) in [4.78, 5) is 14.1. The Morgan fingerprint density at radius 1 is 1.03 bits per heavy atom. The second-order valence-electron chi connectivity index (χ2n) is 6.54. The molecule has 0 aromatic heterocycles. The molecule has 29 heavy (non-hydrogen) atoms. The van der Waals surface area contributed by atoms with Crippen LogP contribution in [0.3, 0.4) is 0 Å². The smallest absolute Gasteiger partial charge is 0.264 e. The first-order chi connectivity index (χ1) is 13.8. The maximum atomic E-state index is 12.6. The molecule has 3 rings (SSSR count). The number of hydrogen-bond donors (Lipinski definition) is 2. The zero-order valence-electron chi connectivity index (χ0n) is 15.7. The lowest BCUT2D eigenvalue weighted by Crippen LogP contribution is -2.46. The minimum atomic E-state index is -3.95. The minimum Gasteiger partial charge on any atom is -0.378 e. The third-order valence-corrected chi connectivity index (χ3v) is 6.74. The van der Waals surface area contributed by atoms with E-state index in [0.29, 0.717) is 37.7 Å². The zero-order valence-corrected chi connectivity index (χ0v) is 18.0. The van der Waals surface area contributed by atoms with Gasteiger partial charge in [0.05, 0.1) is 23.3 Å². The van der Waals surface area contributed by atoms with Crippen LogP contribution in [-0.4, -0.2) is 51.6 Å². The van der Waals surface area contributed by atoms with Crippen molar-refractivity contribution in [2.24, 2.45) is 0 Å². The van der Waals surface area contributed by atoms with Crippen LogP contribution in [0.5, 0.6) is 0 Å². The van der Waals surface area contributed by atoms with Gasteiger partial charge in [0.15, 0.2) is 0 Å². The monoisotopic (exact) mass is 457 g/mol. The molecule has 1 unspecified atom stereocenters. The standard InChI is InChI=1S/C19H21Cl2N3O4S/c1-13(19(25)24-9-11-28-12-10-24)22-14-5-7-15(8-6-14)23-29(26,27)18-16(20)3-2-4-17(18)21/h2-8,13,22-23H,9-12H2,1H3. The predicted octanol–water partition coefficient (Wildman–Crippen LogP) is 3.45. The van der Waals surface area contributed by atoms with Crippen LogP contribution in [0.25, 0.3) is 0 Å².